The molecule has 2 amide bonds. The minimum absolute atomic E-state index is 0.0436. The van der Waals surface area contributed by atoms with Gasteiger partial charge in [-0.2, -0.15) is 0 Å². The zero-order chi connectivity index (χ0) is 20.5. The van der Waals surface area contributed by atoms with Crippen molar-refractivity contribution >= 4 is 46.8 Å². The first kappa shape index (κ1) is 21.8. The standard InChI is InChI=1S/C20H21ClN2O4S/c1-23(2)20(26)19(14-6-4-3-5-7-14)27-18(25)13-28-12-17(24)22-16-10-8-15(21)9-11-16/h3-11,19H,12-13H2,1-2H3,(H,22,24)/t19-/m0/s1. The van der Waals surface area contributed by atoms with Gasteiger partial charge in [-0.05, 0) is 24.3 Å². The maximum atomic E-state index is 12.4. The second kappa shape index (κ2) is 10.7. The van der Waals surface area contributed by atoms with Gasteiger partial charge in [-0.15, -0.1) is 11.8 Å². The van der Waals surface area contributed by atoms with E-state index in [4.69, 9.17) is 16.3 Å². The van der Waals surface area contributed by atoms with Crippen molar-refractivity contribution in [2.45, 2.75) is 6.10 Å². The number of anilines is 1. The molecule has 2 rings (SSSR count). The van der Waals surface area contributed by atoms with E-state index in [0.717, 1.165) is 11.8 Å². The van der Waals surface area contributed by atoms with Crippen LogP contribution >= 0.6 is 23.4 Å². The minimum atomic E-state index is -1.01. The van der Waals surface area contributed by atoms with E-state index in [1.54, 1.807) is 62.6 Å². The maximum absolute atomic E-state index is 12.4. The summed E-state index contributed by atoms with van der Waals surface area (Å²) in [6, 6.07) is 15.5. The Morgan fingerprint density at radius 1 is 1.04 bits per heavy atom. The average Bonchev–Trinajstić information content (AvgIpc) is 2.68. The average molecular weight is 421 g/mol. The van der Waals surface area contributed by atoms with Crippen LogP contribution in [0.15, 0.2) is 54.6 Å². The molecule has 6 nitrogen and oxygen atoms in total. The molecular weight excluding hydrogens is 400 g/mol. The van der Waals surface area contributed by atoms with Crippen LogP contribution in [0.3, 0.4) is 0 Å². The van der Waals surface area contributed by atoms with Crippen LogP contribution in [-0.4, -0.2) is 48.3 Å². The number of likely N-dealkylation sites (N-methyl/N-ethyl adjacent to an activating group) is 1. The highest BCUT2D eigenvalue weighted by Crippen LogP contribution is 2.20. The Balaban J connectivity index is 1.84. The summed E-state index contributed by atoms with van der Waals surface area (Å²) in [6.07, 6.45) is -1.01. The van der Waals surface area contributed by atoms with Gasteiger partial charge in [-0.25, -0.2) is 0 Å². The van der Waals surface area contributed by atoms with E-state index in [-0.39, 0.29) is 23.3 Å². The van der Waals surface area contributed by atoms with Gasteiger partial charge < -0.3 is 15.0 Å². The Morgan fingerprint density at radius 3 is 2.29 bits per heavy atom. The number of nitrogens with zero attached hydrogens (tertiary/aromatic N) is 1. The molecule has 148 valence electrons. The molecule has 0 aliphatic heterocycles. The lowest BCUT2D eigenvalue weighted by Gasteiger charge is -2.21. The third-order valence-electron chi connectivity index (χ3n) is 3.60. The van der Waals surface area contributed by atoms with Gasteiger partial charge in [0.05, 0.1) is 11.5 Å². The van der Waals surface area contributed by atoms with Gasteiger partial charge in [0.1, 0.15) is 0 Å². The first-order chi connectivity index (χ1) is 13.4. The number of thioether (sulfide) groups is 1. The Labute approximate surface area is 173 Å². The second-order valence-corrected chi connectivity index (χ2v) is 7.48. The molecule has 0 aromatic heterocycles. The van der Waals surface area contributed by atoms with Gasteiger partial charge in [0, 0.05) is 30.4 Å². The van der Waals surface area contributed by atoms with Crippen molar-refractivity contribution in [3.05, 3.63) is 65.2 Å². The molecule has 8 heteroatoms. The number of esters is 1. The smallest absolute Gasteiger partial charge is 0.317 e. The third-order valence-corrected chi connectivity index (χ3v) is 4.76. The molecule has 1 N–H and O–H groups in total. The summed E-state index contributed by atoms with van der Waals surface area (Å²) >= 11 is 6.91. The number of carbonyl (C=O) groups is 3. The molecule has 0 spiro atoms. The van der Waals surface area contributed by atoms with Crippen LogP contribution in [0.5, 0.6) is 0 Å². The maximum Gasteiger partial charge on any atom is 0.317 e. The molecule has 0 heterocycles. The Bertz CT molecular complexity index is 813. The molecule has 2 aromatic rings. The van der Waals surface area contributed by atoms with Crippen LogP contribution in [0, 0.1) is 0 Å². The van der Waals surface area contributed by atoms with E-state index in [0.29, 0.717) is 16.3 Å². The van der Waals surface area contributed by atoms with Crippen LogP contribution < -0.4 is 5.32 Å². The van der Waals surface area contributed by atoms with Gasteiger partial charge in [0.2, 0.25) is 12.0 Å². The normalized spacial score (nSPS) is 11.4. The molecule has 0 aliphatic rings. The largest absolute Gasteiger partial charge is 0.447 e. The number of nitrogens with one attached hydrogen (secondary N) is 1. The molecular formula is C20H21ClN2O4S. The Hall–Kier alpha value is -2.51. The van der Waals surface area contributed by atoms with Crippen molar-refractivity contribution in [3.63, 3.8) is 0 Å². The quantitative estimate of drug-likeness (QED) is 0.662. The molecule has 0 aliphatic carbocycles. The van der Waals surface area contributed by atoms with Crippen LogP contribution in [-0.2, 0) is 19.1 Å². The highest BCUT2D eigenvalue weighted by atomic mass is 35.5. The number of carbonyl (C=O) groups excluding carboxylic acids is 3. The van der Waals surface area contributed by atoms with Gasteiger partial charge >= 0.3 is 5.97 Å². The van der Waals surface area contributed by atoms with Gasteiger partial charge in [-0.1, -0.05) is 41.9 Å². The molecule has 1 atom stereocenters. The lowest BCUT2D eigenvalue weighted by Crippen LogP contribution is -2.31. The molecule has 0 bridgehead atoms. The highest BCUT2D eigenvalue weighted by molar-refractivity contribution is 8.00. The fraction of sp³-hybridized carbons (Fsp3) is 0.250. The van der Waals surface area contributed by atoms with Crippen LogP contribution in [0.25, 0.3) is 0 Å². The summed E-state index contributed by atoms with van der Waals surface area (Å²) < 4.78 is 5.38. The first-order valence-electron chi connectivity index (χ1n) is 8.45. The number of rotatable bonds is 8. The topological polar surface area (TPSA) is 75.7 Å². The fourth-order valence-electron chi connectivity index (χ4n) is 2.25. The van der Waals surface area contributed by atoms with Crippen molar-refractivity contribution in [2.24, 2.45) is 0 Å². The van der Waals surface area contributed by atoms with Gasteiger partial charge in [-0.3, -0.25) is 14.4 Å². The molecule has 28 heavy (non-hydrogen) atoms. The molecule has 0 radical (unpaired) electrons. The SMILES string of the molecule is CN(C)C(=O)[C@@H](OC(=O)CSCC(=O)Nc1ccc(Cl)cc1)c1ccccc1. The molecule has 2 aromatic carbocycles. The lowest BCUT2D eigenvalue weighted by atomic mass is 10.1. The summed E-state index contributed by atoms with van der Waals surface area (Å²) in [5, 5.41) is 3.29. The third kappa shape index (κ3) is 6.90. The molecule has 0 saturated carbocycles. The van der Waals surface area contributed by atoms with Crippen molar-refractivity contribution in [3.8, 4) is 0 Å². The number of amides is 2. The van der Waals surface area contributed by atoms with E-state index in [1.165, 1.54) is 4.90 Å². The van der Waals surface area contributed by atoms with E-state index >= 15 is 0 Å². The highest BCUT2D eigenvalue weighted by Gasteiger charge is 2.26. The van der Waals surface area contributed by atoms with E-state index < -0.39 is 12.1 Å². The molecule has 0 unspecified atom stereocenters. The second-order valence-electron chi connectivity index (χ2n) is 6.06. The zero-order valence-electron chi connectivity index (χ0n) is 15.6. The van der Waals surface area contributed by atoms with Gasteiger partial charge in [0.15, 0.2) is 0 Å². The van der Waals surface area contributed by atoms with Crippen molar-refractivity contribution in [1.82, 2.24) is 4.90 Å². The zero-order valence-corrected chi connectivity index (χ0v) is 17.1. The minimum Gasteiger partial charge on any atom is -0.447 e. The van der Waals surface area contributed by atoms with Crippen molar-refractivity contribution < 1.29 is 19.1 Å². The fourth-order valence-corrected chi connectivity index (χ4v) is 2.97. The van der Waals surface area contributed by atoms with Crippen LogP contribution in [0.2, 0.25) is 5.02 Å². The summed E-state index contributed by atoms with van der Waals surface area (Å²) in [5.74, 6) is -1.10. The number of hydrogen-bond donors (Lipinski definition) is 1. The van der Waals surface area contributed by atoms with E-state index in [9.17, 15) is 14.4 Å². The Kier molecular flexibility index (Phi) is 8.35. The number of hydrogen-bond acceptors (Lipinski definition) is 5. The summed E-state index contributed by atoms with van der Waals surface area (Å²) in [4.78, 5) is 37.8. The van der Waals surface area contributed by atoms with Crippen molar-refractivity contribution in [1.29, 1.82) is 0 Å². The van der Waals surface area contributed by atoms with E-state index in [2.05, 4.69) is 5.32 Å². The molecule has 0 fully saturated rings. The number of benzene rings is 2. The monoisotopic (exact) mass is 420 g/mol. The predicted molar refractivity (Wildman–Crippen MR) is 111 cm³/mol. The van der Waals surface area contributed by atoms with Crippen molar-refractivity contribution in [2.75, 3.05) is 30.9 Å². The summed E-state index contributed by atoms with van der Waals surface area (Å²) in [7, 11) is 3.20. The number of ether oxygens (including phenoxy) is 1. The first-order valence-corrected chi connectivity index (χ1v) is 9.99. The van der Waals surface area contributed by atoms with Gasteiger partial charge in [0.25, 0.3) is 5.91 Å². The Morgan fingerprint density at radius 2 is 1.68 bits per heavy atom. The summed E-state index contributed by atoms with van der Waals surface area (Å²) in [5.41, 5.74) is 1.22. The summed E-state index contributed by atoms with van der Waals surface area (Å²) in [6.45, 7) is 0. The van der Waals surface area contributed by atoms with Crippen LogP contribution in [0.1, 0.15) is 11.7 Å². The predicted octanol–water partition coefficient (Wildman–Crippen LogP) is 3.38. The van der Waals surface area contributed by atoms with E-state index in [1.807, 2.05) is 6.07 Å². The number of halogens is 1. The molecule has 0 saturated heterocycles. The van der Waals surface area contributed by atoms with Crippen LogP contribution in [0.4, 0.5) is 5.69 Å². The lowest BCUT2D eigenvalue weighted by molar-refractivity contribution is -0.157.